The fraction of sp³-hybridized carbons (Fsp3) is 1.00. The van der Waals surface area contributed by atoms with Crippen molar-refractivity contribution in [3.63, 3.8) is 0 Å². The maximum Gasteiger partial charge on any atom is 0.0896 e. The molecule has 1 fully saturated rings. The summed E-state index contributed by atoms with van der Waals surface area (Å²) in [5, 5.41) is 10.5. The Morgan fingerprint density at radius 1 is 1.00 bits per heavy atom. The number of rotatable bonds is 6. The lowest BCUT2D eigenvalue weighted by Crippen LogP contribution is -2.43. The number of hydrogen-bond donors (Lipinski definition) is 1. The van der Waals surface area contributed by atoms with Crippen molar-refractivity contribution in [2.45, 2.75) is 71.7 Å². The second kappa shape index (κ2) is 5.89. The van der Waals surface area contributed by atoms with Crippen molar-refractivity contribution >= 4 is 0 Å². The molecule has 1 saturated heterocycles. The van der Waals surface area contributed by atoms with Gasteiger partial charge in [-0.1, -0.05) is 13.8 Å². The minimum absolute atomic E-state index is 0.186. The molecule has 3 nitrogen and oxygen atoms in total. The zero-order valence-electron chi connectivity index (χ0n) is 13.0. The molecule has 1 aliphatic rings. The summed E-state index contributed by atoms with van der Waals surface area (Å²) in [6, 6.07) is 0. The van der Waals surface area contributed by atoms with Crippen LogP contribution in [-0.4, -0.2) is 46.9 Å². The molecule has 0 saturated carbocycles. The Kier molecular flexibility index (Phi) is 5.22. The van der Waals surface area contributed by atoms with Gasteiger partial charge in [-0.05, 0) is 53.6 Å². The quantitative estimate of drug-likeness (QED) is 0.794. The Morgan fingerprint density at radius 2 is 1.50 bits per heavy atom. The highest BCUT2D eigenvalue weighted by atomic mass is 16.5. The highest BCUT2D eigenvalue weighted by Gasteiger charge is 2.53. The lowest BCUT2D eigenvalue weighted by molar-refractivity contribution is -0.0913. The Balaban J connectivity index is 2.74. The molecule has 0 aromatic heterocycles. The van der Waals surface area contributed by atoms with Crippen molar-refractivity contribution < 1.29 is 9.84 Å². The number of aliphatic hydroxyl groups excluding tert-OH is 1. The first-order valence-electron chi connectivity index (χ1n) is 7.35. The molecule has 1 N–H and O–H groups in total. The number of nitrogens with zero attached hydrogens (tertiary/aromatic N) is 1. The Hall–Kier alpha value is -0.120. The van der Waals surface area contributed by atoms with Gasteiger partial charge < -0.3 is 14.7 Å². The third-order valence-electron chi connectivity index (χ3n) is 4.05. The van der Waals surface area contributed by atoms with Crippen LogP contribution in [0, 0.1) is 5.92 Å². The van der Waals surface area contributed by atoms with Gasteiger partial charge in [-0.15, -0.1) is 0 Å². The van der Waals surface area contributed by atoms with Crippen molar-refractivity contribution in [3.05, 3.63) is 0 Å². The summed E-state index contributed by atoms with van der Waals surface area (Å²) in [6.07, 6.45) is 1.93. The van der Waals surface area contributed by atoms with E-state index in [0.29, 0.717) is 0 Å². The monoisotopic (exact) mass is 257 g/mol. The summed E-state index contributed by atoms with van der Waals surface area (Å²) in [5.41, 5.74) is -0.680. The molecular formula is C15H31NO2. The second-order valence-corrected chi connectivity index (χ2v) is 6.66. The fourth-order valence-electron chi connectivity index (χ4n) is 3.20. The molecule has 0 aliphatic carbocycles. The molecule has 1 heterocycles. The van der Waals surface area contributed by atoms with E-state index in [4.69, 9.17) is 4.74 Å². The van der Waals surface area contributed by atoms with E-state index in [0.717, 1.165) is 32.5 Å². The first-order valence-corrected chi connectivity index (χ1v) is 7.35. The summed E-state index contributed by atoms with van der Waals surface area (Å²) in [6.45, 7) is 15.7. The fourth-order valence-corrected chi connectivity index (χ4v) is 3.20. The van der Waals surface area contributed by atoms with Crippen LogP contribution in [0.2, 0.25) is 0 Å². The average Bonchev–Trinajstić information content (AvgIpc) is 2.37. The van der Waals surface area contributed by atoms with E-state index in [1.165, 1.54) is 0 Å². The van der Waals surface area contributed by atoms with Crippen LogP contribution >= 0.6 is 0 Å². The summed E-state index contributed by atoms with van der Waals surface area (Å²) in [4.78, 5) is 2.46. The summed E-state index contributed by atoms with van der Waals surface area (Å²) >= 11 is 0. The molecule has 0 bridgehead atoms. The highest BCUT2D eigenvalue weighted by molar-refractivity contribution is 5.02. The van der Waals surface area contributed by atoms with Gasteiger partial charge in [0.25, 0.3) is 0 Å². The zero-order chi connectivity index (χ0) is 14.0. The molecule has 1 aliphatic heterocycles. The molecular weight excluding hydrogens is 226 g/mol. The first kappa shape index (κ1) is 15.9. The topological polar surface area (TPSA) is 32.7 Å². The number of hydrogen-bond acceptors (Lipinski definition) is 3. The van der Waals surface area contributed by atoms with Crippen LogP contribution in [0.1, 0.15) is 54.4 Å². The van der Waals surface area contributed by atoms with Gasteiger partial charge in [-0.2, -0.15) is 0 Å². The van der Waals surface area contributed by atoms with E-state index in [-0.39, 0.29) is 17.6 Å². The van der Waals surface area contributed by atoms with Crippen molar-refractivity contribution in [2.75, 3.05) is 19.6 Å². The van der Waals surface area contributed by atoms with Crippen LogP contribution in [0.5, 0.6) is 0 Å². The van der Waals surface area contributed by atoms with E-state index < -0.39 is 5.60 Å². The van der Waals surface area contributed by atoms with Gasteiger partial charge in [0.1, 0.15) is 0 Å². The summed E-state index contributed by atoms with van der Waals surface area (Å²) < 4.78 is 6.04. The van der Waals surface area contributed by atoms with E-state index in [1.54, 1.807) is 0 Å². The smallest absolute Gasteiger partial charge is 0.0896 e. The molecule has 0 aromatic rings. The lowest BCUT2D eigenvalue weighted by atomic mass is 9.84. The van der Waals surface area contributed by atoms with Crippen molar-refractivity contribution in [1.82, 2.24) is 4.90 Å². The predicted octanol–water partition coefficient (Wildman–Crippen LogP) is 2.67. The van der Waals surface area contributed by atoms with Gasteiger partial charge in [0.05, 0.1) is 17.3 Å². The Labute approximate surface area is 113 Å². The molecule has 0 radical (unpaired) electrons. The van der Waals surface area contributed by atoms with E-state index >= 15 is 0 Å². The minimum Gasteiger partial charge on any atom is -0.390 e. The van der Waals surface area contributed by atoms with Gasteiger partial charge >= 0.3 is 0 Å². The molecule has 3 heteroatoms. The number of ether oxygens (including phenoxy) is 1. The van der Waals surface area contributed by atoms with E-state index in [9.17, 15) is 5.11 Å². The largest absolute Gasteiger partial charge is 0.390 e. The average molecular weight is 257 g/mol. The third kappa shape index (κ3) is 3.46. The maximum absolute atomic E-state index is 10.5. The Bertz CT molecular complexity index is 257. The van der Waals surface area contributed by atoms with Crippen LogP contribution in [0.25, 0.3) is 0 Å². The van der Waals surface area contributed by atoms with Gasteiger partial charge in [-0.25, -0.2) is 0 Å². The van der Waals surface area contributed by atoms with Gasteiger partial charge in [0, 0.05) is 12.5 Å². The predicted molar refractivity (Wildman–Crippen MR) is 75.8 cm³/mol. The first-order chi connectivity index (χ1) is 8.24. The third-order valence-corrected chi connectivity index (χ3v) is 4.05. The van der Waals surface area contributed by atoms with Crippen LogP contribution in [0.15, 0.2) is 0 Å². The van der Waals surface area contributed by atoms with Gasteiger partial charge in [-0.3, -0.25) is 0 Å². The standard InChI is InChI=1S/C15H31NO2/c1-7-9-16(10-8-2)11-12-13(17)15(5,6)18-14(12,3)4/h12-13,17H,7-11H2,1-6H3. The van der Waals surface area contributed by atoms with Crippen molar-refractivity contribution in [2.24, 2.45) is 5.92 Å². The number of aliphatic hydroxyl groups is 1. The summed E-state index contributed by atoms with van der Waals surface area (Å²) in [5.74, 6) is 0.186. The van der Waals surface area contributed by atoms with Crippen LogP contribution in [-0.2, 0) is 4.74 Å². The lowest BCUT2D eigenvalue weighted by Gasteiger charge is -2.32. The molecule has 0 amide bonds. The second-order valence-electron chi connectivity index (χ2n) is 6.66. The molecule has 0 spiro atoms. The minimum atomic E-state index is -0.432. The Morgan fingerprint density at radius 3 is 1.83 bits per heavy atom. The maximum atomic E-state index is 10.5. The normalized spacial score (nSPS) is 30.0. The summed E-state index contributed by atoms with van der Waals surface area (Å²) in [7, 11) is 0. The molecule has 2 unspecified atom stereocenters. The van der Waals surface area contributed by atoms with E-state index in [1.807, 2.05) is 13.8 Å². The van der Waals surface area contributed by atoms with Crippen LogP contribution < -0.4 is 0 Å². The SMILES string of the molecule is CCCN(CCC)CC1C(O)C(C)(C)OC1(C)C. The molecule has 18 heavy (non-hydrogen) atoms. The van der Waals surface area contributed by atoms with Gasteiger partial charge in [0.15, 0.2) is 0 Å². The van der Waals surface area contributed by atoms with Gasteiger partial charge in [0.2, 0.25) is 0 Å². The molecule has 0 aromatic carbocycles. The molecule has 108 valence electrons. The van der Waals surface area contributed by atoms with Crippen molar-refractivity contribution in [1.29, 1.82) is 0 Å². The zero-order valence-corrected chi connectivity index (χ0v) is 13.0. The highest BCUT2D eigenvalue weighted by Crippen LogP contribution is 2.42. The van der Waals surface area contributed by atoms with E-state index in [2.05, 4.69) is 32.6 Å². The molecule has 2 atom stereocenters. The van der Waals surface area contributed by atoms with Crippen LogP contribution in [0.3, 0.4) is 0 Å². The van der Waals surface area contributed by atoms with Crippen LogP contribution in [0.4, 0.5) is 0 Å². The van der Waals surface area contributed by atoms with Crippen molar-refractivity contribution in [3.8, 4) is 0 Å². The molecule has 1 rings (SSSR count).